The Hall–Kier alpha value is -0.280. The molecule has 4 heteroatoms. The molecule has 0 radical (unpaired) electrons. The van der Waals surface area contributed by atoms with Crippen LogP contribution < -0.4 is 5.32 Å². The molecule has 16 heavy (non-hydrogen) atoms. The predicted octanol–water partition coefficient (Wildman–Crippen LogP) is 1.81. The number of carbonyl (C=O) groups is 1. The highest BCUT2D eigenvalue weighted by molar-refractivity contribution is 5.85. The van der Waals surface area contributed by atoms with Gasteiger partial charge in [0.05, 0.1) is 0 Å². The van der Waals surface area contributed by atoms with Gasteiger partial charge >= 0.3 is 0 Å². The van der Waals surface area contributed by atoms with Gasteiger partial charge in [-0.05, 0) is 26.3 Å². The number of carbonyl (C=O) groups excluding carboxylic acids is 1. The number of hydrogen-bond donors (Lipinski definition) is 1. The number of hydrogen-bond acceptors (Lipinski definition) is 2. The van der Waals surface area contributed by atoms with Crippen LogP contribution in [0.1, 0.15) is 38.5 Å². The minimum atomic E-state index is 0. The van der Waals surface area contributed by atoms with Crippen molar-refractivity contribution in [3.05, 3.63) is 0 Å². The van der Waals surface area contributed by atoms with Crippen LogP contribution in [0.15, 0.2) is 0 Å². The van der Waals surface area contributed by atoms with Crippen LogP contribution in [-0.2, 0) is 4.79 Å². The van der Waals surface area contributed by atoms with E-state index in [9.17, 15) is 4.79 Å². The van der Waals surface area contributed by atoms with E-state index in [4.69, 9.17) is 0 Å². The minimum Gasteiger partial charge on any atom is -0.341 e. The Morgan fingerprint density at radius 1 is 1.19 bits per heavy atom. The van der Waals surface area contributed by atoms with Crippen molar-refractivity contribution in [2.45, 2.75) is 44.6 Å². The van der Waals surface area contributed by atoms with Crippen LogP contribution in [0.4, 0.5) is 0 Å². The van der Waals surface area contributed by atoms with E-state index in [1.54, 1.807) is 0 Å². The summed E-state index contributed by atoms with van der Waals surface area (Å²) in [6.07, 6.45) is 7.19. The normalized spacial score (nSPS) is 26.6. The molecule has 1 heterocycles. The highest BCUT2D eigenvalue weighted by Gasteiger charge is 2.30. The maximum atomic E-state index is 12.2. The van der Waals surface area contributed by atoms with E-state index in [0.717, 1.165) is 32.4 Å². The average molecular weight is 247 g/mol. The highest BCUT2D eigenvalue weighted by Crippen LogP contribution is 2.26. The van der Waals surface area contributed by atoms with Crippen LogP contribution in [0.3, 0.4) is 0 Å². The first-order chi connectivity index (χ1) is 7.31. The first-order valence-electron chi connectivity index (χ1n) is 6.27. The average Bonchev–Trinajstić information content (AvgIpc) is 2.78. The molecular weight excluding hydrogens is 224 g/mol. The molecular formula is C12H23ClN2O. The van der Waals surface area contributed by atoms with Gasteiger partial charge in [0, 0.05) is 25.0 Å². The van der Waals surface area contributed by atoms with E-state index >= 15 is 0 Å². The lowest BCUT2D eigenvalue weighted by Crippen LogP contribution is -2.37. The first-order valence-corrected chi connectivity index (χ1v) is 6.27. The number of halogens is 1. The van der Waals surface area contributed by atoms with E-state index in [2.05, 4.69) is 10.2 Å². The van der Waals surface area contributed by atoms with Gasteiger partial charge in [0.15, 0.2) is 0 Å². The van der Waals surface area contributed by atoms with E-state index in [1.807, 2.05) is 7.05 Å². The Bertz CT molecular complexity index is 229. The lowest BCUT2D eigenvalue weighted by molar-refractivity contribution is -0.135. The summed E-state index contributed by atoms with van der Waals surface area (Å²) in [5, 5.41) is 3.26. The molecule has 1 saturated heterocycles. The highest BCUT2D eigenvalue weighted by atomic mass is 35.5. The zero-order chi connectivity index (χ0) is 10.7. The fraction of sp³-hybridized carbons (Fsp3) is 0.917. The van der Waals surface area contributed by atoms with Gasteiger partial charge in [-0.3, -0.25) is 4.79 Å². The van der Waals surface area contributed by atoms with Crippen molar-refractivity contribution in [1.29, 1.82) is 0 Å². The quantitative estimate of drug-likeness (QED) is 0.806. The molecule has 0 spiro atoms. The number of nitrogens with one attached hydrogen (secondary N) is 1. The number of nitrogens with zero attached hydrogens (tertiary/aromatic N) is 1. The van der Waals surface area contributed by atoms with Gasteiger partial charge in [0.2, 0.25) is 5.91 Å². The third-order valence-electron chi connectivity index (χ3n) is 3.86. The molecule has 1 aliphatic carbocycles. The molecule has 0 aromatic rings. The Kier molecular flexibility index (Phi) is 5.56. The Morgan fingerprint density at radius 3 is 2.44 bits per heavy atom. The number of likely N-dealkylation sites (tertiary alicyclic amines) is 1. The molecule has 3 nitrogen and oxygen atoms in total. The summed E-state index contributed by atoms with van der Waals surface area (Å²) in [6.45, 7) is 1.88. The van der Waals surface area contributed by atoms with Gasteiger partial charge in [-0.25, -0.2) is 0 Å². The fourth-order valence-corrected chi connectivity index (χ4v) is 2.80. The molecule has 1 atom stereocenters. The number of rotatable bonds is 2. The van der Waals surface area contributed by atoms with E-state index in [0.29, 0.717) is 17.9 Å². The van der Waals surface area contributed by atoms with Crippen molar-refractivity contribution in [2.75, 3.05) is 20.1 Å². The molecule has 2 aliphatic rings. The Labute approximate surface area is 104 Å². The molecule has 1 N–H and O–H groups in total. The van der Waals surface area contributed by atoms with Crippen LogP contribution in [0.5, 0.6) is 0 Å². The number of amides is 1. The van der Waals surface area contributed by atoms with Crippen LogP contribution in [-0.4, -0.2) is 37.0 Å². The topological polar surface area (TPSA) is 32.3 Å². The fourth-order valence-electron chi connectivity index (χ4n) is 2.80. The van der Waals surface area contributed by atoms with Gasteiger partial charge in [-0.1, -0.05) is 19.3 Å². The van der Waals surface area contributed by atoms with Crippen LogP contribution in [0, 0.1) is 5.92 Å². The van der Waals surface area contributed by atoms with Gasteiger partial charge in [-0.2, -0.15) is 0 Å². The summed E-state index contributed by atoms with van der Waals surface area (Å²) in [7, 11) is 1.99. The van der Waals surface area contributed by atoms with Crippen molar-refractivity contribution in [2.24, 2.45) is 5.92 Å². The molecule has 1 aliphatic heterocycles. The summed E-state index contributed by atoms with van der Waals surface area (Å²) in [4.78, 5) is 14.2. The second-order valence-electron chi connectivity index (χ2n) is 4.89. The molecule has 2 fully saturated rings. The molecule has 0 bridgehead atoms. The van der Waals surface area contributed by atoms with Crippen molar-refractivity contribution >= 4 is 18.3 Å². The second-order valence-corrected chi connectivity index (χ2v) is 4.89. The molecule has 94 valence electrons. The smallest absolute Gasteiger partial charge is 0.225 e. The van der Waals surface area contributed by atoms with Gasteiger partial charge in [-0.15, -0.1) is 12.4 Å². The lowest BCUT2D eigenvalue weighted by atomic mass is 9.88. The largest absolute Gasteiger partial charge is 0.341 e. The monoisotopic (exact) mass is 246 g/mol. The Balaban J connectivity index is 0.00000128. The number of likely N-dealkylation sites (N-methyl/N-ethyl adjacent to an activating group) is 1. The SMILES string of the molecule is CNC1CCN(C(=O)C2CCCCC2)C1.Cl. The van der Waals surface area contributed by atoms with Crippen LogP contribution in [0.25, 0.3) is 0 Å². The van der Waals surface area contributed by atoms with E-state index in [1.165, 1.54) is 19.3 Å². The molecule has 1 saturated carbocycles. The van der Waals surface area contributed by atoms with Gasteiger partial charge in [0.25, 0.3) is 0 Å². The molecule has 1 amide bonds. The minimum absolute atomic E-state index is 0. The van der Waals surface area contributed by atoms with E-state index in [-0.39, 0.29) is 12.4 Å². The van der Waals surface area contributed by atoms with E-state index < -0.39 is 0 Å². The van der Waals surface area contributed by atoms with Gasteiger partial charge < -0.3 is 10.2 Å². The second kappa shape index (κ2) is 6.45. The predicted molar refractivity (Wildman–Crippen MR) is 67.9 cm³/mol. The van der Waals surface area contributed by atoms with Crippen molar-refractivity contribution < 1.29 is 4.79 Å². The molecule has 0 aromatic heterocycles. The van der Waals surface area contributed by atoms with Crippen molar-refractivity contribution in [3.8, 4) is 0 Å². The van der Waals surface area contributed by atoms with Crippen LogP contribution in [0.2, 0.25) is 0 Å². The van der Waals surface area contributed by atoms with Crippen molar-refractivity contribution in [1.82, 2.24) is 10.2 Å². The maximum absolute atomic E-state index is 12.2. The maximum Gasteiger partial charge on any atom is 0.225 e. The summed E-state index contributed by atoms with van der Waals surface area (Å²) in [5.74, 6) is 0.766. The first kappa shape index (κ1) is 13.8. The third kappa shape index (κ3) is 3.11. The molecule has 2 rings (SSSR count). The lowest BCUT2D eigenvalue weighted by Gasteiger charge is -2.26. The standard InChI is InChI=1S/C12H22N2O.ClH/c1-13-11-7-8-14(9-11)12(15)10-5-3-2-4-6-10;/h10-11,13H,2-9H2,1H3;1H. The molecule has 1 unspecified atom stereocenters. The van der Waals surface area contributed by atoms with Crippen LogP contribution >= 0.6 is 12.4 Å². The summed E-state index contributed by atoms with van der Waals surface area (Å²) >= 11 is 0. The zero-order valence-electron chi connectivity index (χ0n) is 10.1. The summed E-state index contributed by atoms with van der Waals surface area (Å²) in [5.41, 5.74) is 0. The Morgan fingerprint density at radius 2 is 1.88 bits per heavy atom. The zero-order valence-corrected chi connectivity index (χ0v) is 10.9. The summed E-state index contributed by atoms with van der Waals surface area (Å²) < 4.78 is 0. The third-order valence-corrected chi connectivity index (χ3v) is 3.86. The summed E-state index contributed by atoms with van der Waals surface area (Å²) in [6, 6.07) is 0.526. The van der Waals surface area contributed by atoms with Gasteiger partial charge in [0.1, 0.15) is 0 Å². The van der Waals surface area contributed by atoms with Crippen molar-refractivity contribution in [3.63, 3.8) is 0 Å². The molecule has 0 aromatic carbocycles.